The fraction of sp³-hybridized carbons (Fsp3) is 0.929. The van der Waals surface area contributed by atoms with E-state index in [0.717, 1.165) is 18.4 Å². The molecule has 1 N–H and O–H groups in total. The van der Waals surface area contributed by atoms with Crippen molar-refractivity contribution in [3.8, 4) is 0 Å². The van der Waals surface area contributed by atoms with Crippen LogP contribution in [0.5, 0.6) is 0 Å². The predicted octanol–water partition coefficient (Wildman–Crippen LogP) is 1.88. The zero-order chi connectivity index (χ0) is 14.8. The lowest BCUT2D eigenvalue weighted by atomic mass is 10.1. The number of rotatable bonds is 2. The number of nitrogens with one attached hydrogen (secondary N) is 1. The van der Waals surface area contributed by atoms with Gasteiger partial charge < -0.3 is 10.2 Å². The summed E-state index contributed by atoms with van der Waals surface area (Å²) >= 11 is 0. The standard InChI is InChI=1S/C14H27N3O2S.HI/c1-14(2)11-17(8-9-20(14,18)19)13(15-3)16-10-12-6-4-5-7-12;/h12H,4-11H2,1-3H3,(H,15,16);1H. The summed E-state index contributed by atoms with van der Waals surface area (Å²) in [7, 11) is -1.22. The molecule has 21 heavy (non-hydrogen) atoms. The van der Waals surface area contributed by atoms with Crippen LogP contribution in [0.15, 0.2) is 4.99 Å². The molecule has 1 heterocycles. The summed E-state index contributed by atoms with van der Waals surface area (Å²) in [6, 6.07) is 0. The maximum Gasteiger partial charge on any atom is 0.193 e. The molecule has 2 fully saturated rings. The van der Waals surface area contributed by atoms with Gasteiger partial charge in [-0.2, -0.15) is 0 Å². The zero-order valence-corrected chi connectivity index (χ0v) is 16.4. The molecule has 2 aliphatic rings. The minimum absolute atomic E-state index is 0. The zero-order valence-electron chi connectivity index (χ0n) is 13.3. The second-order valence-corrected chi connectivity index (χ2v) is 9.32. The largest absolute Gasteiger partial charge is 0.356 e. The number of aliphatic imine (C=N–C) groups is 1. The number of halogens is 1. The Morgan fingerprint density at radius 3 is 2.48 bits per heavy atom. The van der Waals surface area contributed by atoms with Crippen molar-refractivity contribution < 1.29 is 8.42 Å². The molecular weight excluding hydrogens is 401 g/mol. The second-order valence-electron chi connectivity index (χ2n) is 6.58. The van der Waals surface area contributed by atoms with Gasteiger partial charge in [0, 0.05) is 26.7 Å². The van der Waals surface area contributed by atoms with E-state index in [9.17, 15) is 8.42 Å². The Labute approximate surface area is 145 Å². The smallest absolute Gasteiger partial charge is 0.193 e. The van der Waals surface area contributed by atoms with E-state index in [-0.39, 0.29) is 29.7 Å². The predicted molar refractivity (Wildman–Crippen MR) is 98.2 cm³/mol. The van der Waals surface area contributed by atoms with Crippen LogP contribution in [0.1, 0.15) is 39.5 Å². The molecule has 0 radical (unpaired) electrons. The maximum atomic E-state index is 12.0. The molecule has 0 aromatic carbocycles. The van der Waals surface area contributed by atoms with Gasteiger partial charge in [0.25, 0.3) is 0 Å². The van der Waals surface area contributed by atoms with Crippen molar-refractivity contribution in [1.82, 2.24) is 10.2 Å². The van der Waals surface area contributed by atoms with E-state index in [4.69, 9.17) is 0 Å². The van der Waals surface area contributed by atoms with Gasteiger partial charge in [-0.25, -0.2) is 8.42 Å². The van der Waals surface area contributed by atoms with Crippen molar-refractivity contribution in [2.75, 3.05) is 32.4 Å². The lowest BCUT2D eigenvalue weighted by Crippen LogP contribution is -2.57. The minimum Gasteiger partial charge on any atom is -0.356 e. The highest BCUT2D eigenvalue weighted by atomic mass is 127. The Bertz CT molecular complexity index is 471. The van der Waals surface area contributed by atoms with E-state index in [2.05, 4.69) is 15.2 Å². The van der Waals surface area contributed by atoms with E-state index in [0.29, 0.717) is 13.1 Å². The number of nitrogens with zero attached hydrogens (tertiary/aromatic N) is 2. The summed E-state index contributed by atoms with van der Waals surface area (Å²) in [5, 5.41) is 3.43. The van der Waals surface area contributed by atoms with Crippen LogP contribution in [-0.4, -0.2) is 56.5 Å². The molecule has 2 rings (SSSR count). The Balaban J connectivity index is 0.00000220. The first-order valence-corrected chi connectivity index (χ1v) is 9.19. The van der Waals surface area contributed by atoms with Crippen molar-refractivity contribution in [3.63, 3.8) is 0 Å². The SMILES string of the molecule is CN=C(NCC1CCCC1)N1CCS(=O)(=O)C(C)(C)C1.I. The van der Waals surface area contributed by atoms with Crippen molar-refractivity contribution in [3.05, 3.63) is 0 Å². The molecule has 1 saturated heterocycles. The first-order chi connectivity index (χ1) is 9.36. The molecule has 0 atom stereocenters. The summed E-state index contributed by atoms with van der Waals surface area (Å²) in [5.41, 5.74) is 0. The van der Waals surface area contributed by atoms with Crippen molar-refractivity contribution in [2.24, 2.45) is 10.9 Å². The Hall–Kier alpha value is -0.0500. The first kappa shape index (κ1) is 19.0. The number of hydrogen-bond acceptors (Lipinski definition) is 3. The van der Waals surface area contributed by atoms with E-state index in [1.807, 2.05) is 0 Å². The van der Waals surface area contributed by atoms with Gasteiger partial charge in [0.1, 0.15) is 0 Å². The fourth-order valence-corrected chi connectivity index (χ4v) is 4.47. The summed E-state index contributed by atoms with van der Waals surface area (Å²) < 4.78 is 23.4. The molecule has 5 nitrogen and oxygen atoms in total. The molecule has 1 aliphatic carbocycles. The molecular formula is C14H28IN3O2S. The van der Waals surface area contributed by atoms with Gasteiger partial charge in [-0.15, -0.1) is 24.0 Å². The number of guanidine groups is 1. The highest BCUT2D eigenvalue weighted by Crippen LogP contribution is 2.25. The summed E-state index contributed by atoms with van der Waals surface area (Å²) in [4.78, 5) is 6.40. The van der Waals surface area contributed by atoms with E-state index in [1.54, 1.807) is 20.9 Å². The summed E-state index contributed by atoms with van der Waals surface area (Å²) in [5.74, 6) is 1.80. The van der Waals surface area contributed by atoms with Gasteiger partial charge in [-0.05, 0) is 32.6 Å². The quantitative estimate of drug-likeness (QED) is 0.414. The third kappa shape index (κ3) is 4.46. The Morgan fingerprint density at radius 2 is 1.95 bits per heavy atom. The third-order valence-corrected chi connectivity index (χ3v) is 7.11. The van der Waals surface area contributed by atoms with Gasteiger partial charge in [0.15, 0.2) is 15.8 Å². The van der Waals surface area contributed by atoms with Crippen LogP contribution < -0.4 is 5.32 Å². The molecule has 0 spiro atoms. The maximum absolute atomic E-state index is 12.0. The fourth-order valence-electron chi connectivity index (χ4n) is 3.11. The van der Waals surface area contributed by atoms with Gasteiger partial charge in [-0.3, -0.25) is 4.99 Å². The lowest BCUT2D eigenvalue weighted by Gasteiger charge is -2.39. The Morgan fingerprint density at radius 1 is 1.33 bits per heavy atom. The first-order valence-electron chi connectivity index (χ1n) is 7.53. The van der Waals surface area contributed by atoms with Crippen LogP contribution >= 0.6 is 24.0 Å². The minimum atomic E-state index is -2.99. The van der Waals surface area contributed by atoms with Crippen LogP contribution in [0, 0.1) is 5.92 Å². The molecule has 0 bridgehead atoms. The lowest BCUT2D eigenvalue weighted by molar-refractivity contribution is 0.350. The molecule has 124 valence electrons. The van der Waals surface area contributed by atoms with Crippen LogP contribution in [-0.2, 0) is 9.84 Å². The highest BCUT2D eigenvalue weighted by Gasteiger charge is 2.41. The molecule has 1 saturated carbocycles. The van der Waals surface area contributed by atoms with Crippen LogP contribution in [0.2, 0.25) is 0 Å². The van der Waals surface area contributed by atoms with Crippen LogP contribution in [0.4, 0.5) is 0 Å². The van der Waals surface area contributed by atoms with Crippen LogP contribution in [0.3, 0.4) is 0 Å². The molecule has 0 amide bonds. The average molecular weight is 429 g/mol. The third-order valence-electron chi connectivity index (χ3n) is 4.58. The Kier molecular flexibility index (Phi) is 6.77. The van der Waals surface area contributed by atoms with Crippen molar-refractivity contribution >= 4 is 39.8 Å². The summed E-state index contributed by atoms with van der Waals surface area (Å²) in [6.07, 6.45) is 5.26. The average Bonchev–Trinajstić information content (AvgIpc) is 2.87. The topological polar surface area (TPSA) is 61.8 Å². The second kappa shape index (κ2) is 7.48. The van der Waals surface area contributed by atoms with Gasteiger partial charge in [0.05, 0.1) is 10.5 Å². The molecule has 1 aliphatic heterocycles. The molecule has 0 aromatic rings. The number of hydrogen-bond donors (Lipinski definition) is 1. The van der Waals surface area contributed by atoms with Gasteiger partial charge in [0.2, 0.25) is 0 Å². The summed E-state index contributed by atoms with van der Waals surface area (Å²) in [6.45, 7) is 5.61. The van der Waals surface area contributed by atoms with E-state index >= 15 is 0 Å². The van der Waals surface area contributed by atoms with E-state index in [1.165, 1.54) is 25.7 Å². The van der Waals surface area contributed by atoms with Gasteiger partial charge in [-0.1, -0.05) is 12.8 Å². The van der Waals surface area contributed by atoms with Crippen LogP contribution in [0.25, 0.3) is 0 Å². The highest BCUT2D eigenvalue weighted by molar-refractivity contribution is 14.0. The van der Waals surface area contributed by atoms with E-state index < -0.39 is 14.6 Å². The van der Waals surface area contributed by atoms with Crippen molar-refractivity contribution in [2.45, 2.75) is 44.3 Å². The molecule has 0 unspecified atom stereocenters. The molecule has 0 aromatic heterocycles. The van der Waals surface area contributed by atoms with Crippen molar-refractivity contribution in [1.29, 1.82) is 0 Å². The number of sulfone groups is 1. The van der Waals surface area contributed by atoms with Gasteiger partial charge >= 0.3 is 0 Å². The normalized spacial score (nSPS) is 25.5. The molecule has 7 heteroatoms. The monoisotopic (exact) mass is 429 g/mol.